The highest BCUT2D eigenvalue weighted by molar-refractivity contribution is 14.1. The molecule has 0 radical (unpaired) electrons. The van der Waals surface area contributed by atoms with Crippen molar-refractivity contribution in [1.82, 2.24) is 10.3 Å². The number of carbonyl (C=O) groups is 1. The number of rotatable bonds is 4. The Morgan fingerprint density at radius 3 is 2.82 bits per heavy atom. The molecular weight excluding hydrogens is 396 g/mol. The van der Waals surface area contributed by atoms with Crippen LogP contribution in [0.15, 0.2) is 30.5 Å². The number of carbonyl (C=O) groups excluding carboxylic acids is 1. The molecule has 1 aromatic heterocycles. The fourth-order valence-electron chi connectivity index (χ4n) is 2.13. The second-order valence-corrected chi connectivity index (χ2v) is 6.56. The molecule has 1 fully saturated rings. The van der Waals surface area contributed by atoms with Crippen LogP contribution in [0, 0.1) is 16.3 Å². The normalized spacial score (nSPS) is 13.8. The molecule has 1 aliphatic carbocycles. The van der Waals surface area contributed by atoms with E-state index in [1.165, 1.54) is 6.07 Å². The van der Waals surface area contributed by atoms with Crippen LogP contribution in [0.3, 0.4) is 0 Å². The van der Waals surface area contributed by atoms with Crippen molar-refractivity contribution in [2.24, 2.45) is 0 Å². The quantitative estimate of drug-likeness (QED) is 0.754. The zero-order valence-electron chi connectivity index (χ0n) is 12.0. The molecular formula is C16H15FIN3O. The molecule has 0 aliphatic heterocycles. The van der Waals surface area contributed by atoms with Crippen molar-refractivity contribution in [2.75, 3.05) is 5.32 Å². The number of nitrogens with one attached hydrogen (secondary N) is 2. The third kappa shape index (κ3) is 3.37. The first-order valence-corrected chi connectivity index (χ1v) is 8.11. The van der Waals surface area contributed by atoms with Crippen LogP contribution in [0.4, 0.5) is 15.8 Å². The lowest BCUT2D eigenvalue weighted by atomic mass is 10.1. The fourth-order valence-corrected chi connectivity index (χ4v) is 2.58. The number of amides is 1. The molecule has 0 atom stereocenters. The summed E-state index contributed by atoms with van der Waals surface area (Å²) in [6.07, 6.45) is 3.63. The van der Waals surface area contributed by atoms with E-state index in [1.54, 1.807) is 25.3 Å². The van der Waals surface area contributed by atoms with Crippen molar-refractivity contribution in [3.05, 3.63) is 51.1 Å². The topological polar surface area (TPSA) is 54.0 Å². The Morgan fingerprint density at radius 2 is 2.14 bits per heavy atom. The average Bonchev–Trinajstić information content (AvgIpc) is 3.27. The Hall–Kier alpha value is -1.70. The fraction of sp³-hybridized carbons (Fsp3) is 0.250. The molecule has 1 amide bonds. The Kier molecular flexibility index (Phi) is 4.28. The predicted octanol–water partition coefficient (Wildman–Crippen LogP) is 3.77. The molecule has 2 aromatic rings. The Balaban J connectivity index is 1.93. The highest BCUT2D eigenvalue weighted by atomic mass is 127. The number of anilines is 2. The Bertz CT molecular complexity index is 731. The van der Waals surface area contributed by atoms with Crippen molar-refractivity contribution >= 4 is 39.9 Å². The van der Waals surface area contributed by atoms with Crippen LogP contribution >= 0.6 is 22.6 Å². The maximum absolute atomic E-state index is 14.0. The van der Waals surface area contributed by atoms with Crippen LogP contribution in [0.2, 0.25) is 0 Å². The lowest BCUT2D eigenvalue weighted by Gasteiger charge is -2.14. The largest absolute Gasteiger partial charge is 0.351 e. The van der Waals surface area contributed by atoms with Crippen LogP contribution in [-0.4, -0.2) is 16.9 Å². The van der Waals surface area contributed by atoms with Gasteiger partial charge in [0, 0.05) is 15.8 Å². The third-order valence-corrected chi connectivity index (χ3v) is 4.16. The molecule has 4 nitrogen and oxygen atoms in total. The molecule has 6 heteroatoms. The number of hydrogen-bond donors (Lipinski definition) is 2. The van der Waals surface area contributed by atoms with Crippen LogP contribution in [-0.2, 0) is 0 Å². The van der Waals surface area contributed by atoms with Gasteiger partial charge in [-0.25, -0.2) is 4.39 Å². The molecule has 1 saturated carbocycles. The summed E-state index contributed by atoms with van der Waals surface area (Å²) in [5.41, 5.74) is 2.01. The van der Waals surface area contributed by atoms with E-state index in [9.17, 15) is 9.18 Å². The van der Waals surface area contributed by atoms with Gasteiger partial charge in [0.05, 0.1) is 22.6 Å². The van der Waals surface area contributed by atoms with Crippen molar-refractivity contribution in [1.29, 1.82) is 0 Å². The SMILES string of the molecule is Cc1nccc(C(=O)NC2CC2)c1Nc1ccc(I)cc1F. The van der Waals surface area contributed by atoms with Crippen LogP contribution in [0.25, 0.3) is 0 Å². The van der Waals surface area contributed by atoms with Crippen molar-refractivity contribution < 1.29 is 9.18 Å². The van der Waals surface area contributed by atoms with Gasteiger partial charge in [-0.05, 0) is 66.6 Å². The maximum atomic E-state index is 14.0. The number of nitrogens with zero attached hydrogens (tertiary/aromatic N) is 1. The predicted molar refractivity (Wildman–Crippen MR) is 91.9 cm³/mol. The van der Waals surface area contributed by atoms with Gasteiger partial charge in [-0.2, -0.15) is 0 Å². The van der Waals surface area contributed by atoms with Gasteiger partial charge in [0.1, 0.15) is 5.82 Å². The van der Waals surface area contributed by atoms with Crippen molar-refractivity contribution in [3.8, 4) is 0 Å². The highest BCUT2D eigenvalue weighted by Crippen LogP contribution is 2.27. The maximum Gasteiger partial charge on any atom is 0.253 e. The number of halogens is 2. The van der Waals surface area contributed by atoms with Gasteiger partial charge >= 0.3 is 0 Å². The van der Waals surface area contributed by atoms with E-state index in [2.05, 4.69) is 38.2 Å². The van der Waals surface area contributed by atoms with E-state index >= 15 is 0 Å². The lowest BCUT2D eigenvalue weighted by Crippen LogP contribution is -2.26. The first kappa shape index (κ1) is 15.2. The molecule has 0 bridgehead atoms. The molecule has 0 spiro atoms. The minimum absolute atomic E-state index is 0.151. The highest BCUT2D eigenvalue weighted by Gasteiger charge is 2.25. The van der Waals surface area contributed by atoms with Gasteiger partial charge in [-0.15, -0.1) is 0 Å². The van der Waals surface area contributed by atoms with E-state index in [1.807, 2.05) is 6.07 Å². The summed E-state index contributed by atoms with van der Waals surface area (Å²) >= 11 is 2.05. The van der Waals surface area contributed by atoms with E-state index < -0.39 is 0 Å². The monoisotopic (exact) mass is 411 g/mol. The zero-order valence-corrected chi connectivity index (χ0v) is 14.1. The van der Waals surface area contributed by atoms with Gasteiger partial charge in [0.25, 0.3) is 5.91 Å². The smallest absolute Gasteiger partial charge is 0.253 e. The summed E-state index contributed by atoms with van der Waals surface area (Å²) in [5.74, 6) is -0.509. The summed E-state index contributed by atoms with van der Waals surface area (Å²) in [5, 5.41) is 5.95. The molecule has 1 aliphatic rings. The molecule has 1 heterocycles. The van der Waals surface area contributed by atoms with E-state index in [0.717, 1.165) is 16.4 Å². The van der Waals surface area contributed by atoms with Crippen molar-refractivity contribution in [2.45, 2.75) is 25.8 Å². The molecule has 0 unspecified atom stereocenters. The number of benzene rings is 1. The van der Waals surface area contributed by atoms with Crippen LogP contribution in [0.1, 0.15) is 28.9 Å². The summed E-state index contributed by atoms with van der Waals surface area (Å²) in [7, 11) is 0. The van der Waals surface area contributed by atoms with Gasteiger partial charge < -0.3 is 10.6 Å². The van der Waals surface area contributed by atoms with Crippen LogP contribution in [0.5, 0.6) is 0 Å². The van der Waals surface area contributed by atoms with Crippen LogP contribution < -0.4 is 10.6 Å². The standard InChI is InChI=1S/C16H15FIN3O/c1-9-15(21-14-5-2-10(18)8-13(14)17)12(6-7-19-9)16(22)20-11-3-4-11/h2,5-8,11,21H,3-4H2,1H3,(H,20,22). The minimum atomic E-state index is -0.358. The third-order valence-electron chi connectivity index (χ3n) is 3.49. The molecule has 3 rings (SSSR count). The summed E-state index contributed by atoms with van der Waals surface area (Å²) < 4.78 is 14.8. The van der Waals surface area contributed by atoms with E-state index in [0.29, 0.717) is 22.6 Å². The van der Waals surface area contributed by atoms with Gasteiger partial charge in [0.2, 0.25) is 0 Å². The molecule has 114 valence electrons. The first-order chi connectivity index (χ1) is 10.5. The van der Waals surface area contributed by atoms with Gasteiger partial charge in [0.15, 0.2) is 0 Å². The lowest BCUT2D eigenvalue weighted by molar-refractivity contribution is 0.0951. The minimum Gasteiger partial charge on any atom is -0.351 e. The van der Waals surface area contributed by atoms with Crippen molar-refractivity contribution in [3.63, 3.8) is 0 Å². The summed E-state index contributed by atoms with van der Waals surface area (Å²) in [4.78, 5) is 16.5. The molecule has 22 heavy (non-hydrogen) atoms. The molecule has 1 aromatic carbocycles. The van der Waals surface area contributed by atoms with Gasteiger partial charge in [-0.1, -0.05) is 0 Å². The second-order valence-electron chi connectivity index (χ2n) is 5.32. The first-order valence-electron chi connectivity index (χ1n) is 7.03. The Morgan fingerprint density at radius 1 is 1.36 bits per heavy atom. The summed E-state index contributed by atoms with van der Waals surface area (Å²) in [6.45, 7) is 1.79. The van der Waals surface area contributed by atoms with E-state index in [4.69, 9.17) is 0 Å². The summed E-state index contributed by atoms with van der Waals surface area (Å²) in [6, 6.07) is 6.83. The van der Waals surface area contributed by atoms with Gasteiger partial charge in [-0.3, -0.25) is 9.78 Å². The van der Waals surface area contributed by atoms with E-state index in [-0.39, 0.29) is 17.8 Å². The molecule has 0 saturated heterocycles. The Labute approximate surface area is 141 Å². The zero-order chi connectivity index (χ0) is 15.7. The number of aryl methyl sites for hydroxylation is 1. The number of pyridine rings is 1. The average molecular weight is 411 g/mol. The number of aromatic nitrogens is 1. The second kappa shape index (κ2) is 6.20. The molecule has 2 N–H and O–H groups in total. The number of hydrogen-bond acceptors (Lipinski definition) is 3.